The Kier molecular flexibility index (Phi) is 6.74. The normalized spacial score (nSPS) is 16.7. The van der Waals surface area contributed by atoms with Gasteiger partial charge in [-0.25, -0.2) is 8.42 Å². The Bertz CT molecular complexity index is 1260. The average molecular weight is 493 g/mol. The highest BCUT2D eigenvalue weighted by molar-refractivity contribution is 7.89. The Morgan fingerprint density at radius 1 is 1.00 bits per heavy atom. The van der Waals surface area contributed by atoms with Crippen molar-refractivity contribution in [3.05, 3.63) is 70.7 Å². The molecule has 6 nitrogen and oxygen atoms in total. The lowest BCUT2D eigenvalue weighted by Crippen LogP contribution is -3.19. The summed E-state index contributed by atoms with van der Waals surface area (Å²) in [6.45, 7) is 3.59. The largest absolute Gasteiger partial charge is 0.323 e. The topological polar surface area (TPSA) is 70.9 Å². The maximum absolute atomic E-state index is 13.2. The van der Waals surface area contributed by atoms with Crippen LogP contribution >= 0.6 is 23.2 Å². The summed E-state index contributed by atoms with van der Waals surface area (Å²) in [4.78, 5) is 14.0. The molecule has 1 amide bonds. The Morgan fingerprint density at radius 2 is 1.69 bits per heavy atom. The van der Waals surface area contributed by atoms with Crippen molar-refractivity contribution in [1.82, 2.24) is 4.31 Å². The van der Waals surface area contributed by atoms with Crippen molar-refractivity contribution in [2.75, 3.05) is 31.5 Å². The Hall–Kier alpha value is -2.16. The summed E-state index contributed by atoms with van der Waals surface area (Å²) < 4.78 is 27.8. The van der Waals surface area contributed by atoms with Crippen LogP contribution < -0.4 is 10.2 Å². The lowest BCUT2D eigenvalue weighted by Gasteiger charge is -2.34. The minimum atomic E-state index is -3.59. The second kappa shape index (κ2) is 9.37. The number of nitrogens with zero attached hydrogens (tertiary/aromatic N) is 1. The number of sulfonamides is 1. The summed E-state index contributed by atoms with van der Waals surface area (Å²) in [7, 11) is -3.59. The van der Waals surface area contributed by atoms with Crippen LogP contribution in [0.4, 0.5) is 5.69 Å². The number of benzene rings is 3. The van der Waals surface area contributed by atoms with Crippen LogP contribution in [0.5, 0.6) is 0 Å². The lowest BCUT2D eigenvalue weighted by atomic mass is 10.1. The van der Waals surface area contributed by atoms with Gasteiger partial charge in [0, 0.05) is 0 Å². The molecule has 3 aromatic carbocycles. The number of hydrogen-bond acceptors (Lipinski definition) is 3. The summed E-state index contributed by atoms with van der Waals surface area (Å²) in [5, 5.41) is 5.39. The molecule has 1 fully saturated rings. The number of quaternary nitrogens is 1. The fraction of sp³-hybridized carbons (Fsp3) is 0.261. The van der Waals surface area contributed by atoms with E-state index >= 15 is 0 Å². The van der Waals surface area contributed by atoms with Gasteiger partial charge in [-0.05, 0) is 42.0 Å². The molecule has 9 heteroatoms. The van der Waals surface area contributed by atoms with Crippen LogP contribution in [0.1, 0.15) is 6.92 Å². The number of anilines is 1. The second-order valence-corrected chi connectivity index (χ2v) is 10.6. The number of nitrogens with one attached hydrogen (secondary N) is 2. The number of halogens is 2. The van der Waals surface area contributed by atoms with Crippen LogP contribution in [0, 0.1) is 0 Å². The monoisotopic (exact) mass is 492 g/mol. The van der Waals surface area contributed by atoms with Gasteiger partial charge in [0.05, 0.1) is 46.8 Å². The molecule has 168 valence electrons. The summed E-state index contributed by atoms with van der Waals surface area (Å²) in [6, 6.07) is 17.6. The molecule has 32 heavy (non-hydrogen) atoms. The molecule has 0 radical (unpaired) electrons. The van der Waals surface area contributed by atoms with E-state index in [0.29, 0.717) is 46.8 Å². The molecule has 2 N–H and O–H groups in total. The van der Waals surface area contributed by atoms with Gasteiger partial charge >= 0.3 is 0 Å². The smallest absolute Gasteiger partial charge is 0.282 e. The van der Waals surface area contributed by atoms with E-state index < -0.39 is 10.0 Å². The number of rotatable bonds is 5. The number of fused-ring (bicyclic) bond motifs is 1. The standard InChI is InChI=1S/C23H23Cl2N3O3S/c1-16(23(29)26-21-8-4-7-20(24)22(21)25)27-11-13-28(14-12-27)32(30,31)19-10-9-17-5-2-3-6-18(17)15-19/h2-10,15-16H,11-14H2,1H3,(H,26,29)/p+1/t16-/m1/s1. The van der Waals surface area contributed by atoms with Gasteiger partial charge in [0.1, 0.15) is 0 Å². The van der Waals surface area contributed by atoms with Crippen molar-refractivity contribution < 1.29 is 18.1 Å². The van der Waals surface area contributed by atoms with Crippen LogP contribution in [-0.2, 0) is 14.8 Å². The van der Waals surface area contributed by atoms with Crippen molar-refractivity contribution in [1.29, 1.82) is 0 Å². The molecule has 0 aliphatic carbocycles. The molecule has 0 spiro atoms. The summed E-state index contributed by atoms with van der Waals surface area (Å²) in [6.07, 6.45) is 0. The lowest BCUT2D eigenvalue weighted by molar-refractivity contribution is -0.917. The predicted molar refractivity (Wildman–Crippen MR) is 128 cm³/mol. The van der Waals surface area contributed by atoms with Crippen LogP contribution in [0.15, 0.2) is 65.6 Å². The molecule has 1 saturated heterocycles. The zero-order valence-electron chi connectivity index (χ0n) is 17.5. The first-order chi connectivity index (χ1) is 15.3. The highest BCUT2D eigenvalue weighted by atomic mass is 35.5. The zero-order valence-corrected chi connectivity index (χ0v) is 19.8. The fourth-order valence-corrected chi connectivity index (χ4v) is 5.78. The van der Waals surface area contributed by atoms with Gasteiger partial charge in [-0.3, -0.25) is 4.79 Å². The third-order valence-corrected chi connectivity index (χ3v) is 8.65. The van der Waals surface area contributed by atoms with Gasteiger partial charge in [-0.15, -0.1) is 0 Å². The van der Waals surface area contributed by atoms with Crippen molar-refractivity contribution in [2.45, 2.75) is 17.9 Å². The minimum absolute atomic E-state index is 0.185. The Morgan fingerprint density at radius 3 is 2.41 bits per heavy atom. The van der Waals surface area contributed by atoms with Crippen molar-refractivity contribution >= 4 is 55.6 Å². The average Bonchev–Trinajstić information content (AvgIpc) is 2.81. The third-order valence-electron chi connectivity index (χ3n) is 5.94. The molecule has 4 rings (SSSR count). The van der Waals surface area contributed by atoms with E-state index in [1.165, 1.54) is 4.31 Å². The van der Waals surface area contributed by atoms with E-state index in [1.54, 1.807) is 30.3 Å². The number of carbonyl (C=O) groups excluding carboxylic acids is 1. The first-order valence-corrected chi connectivity index (χ1v) is 12.6. The highest BCUT2D eigenvalue weighted by Gasteiger charge is 2.34. The van der Waals surface area contributed by atoms with Crippen LogP contribution in [-0.4, -0.2) is 50.9 Å². The van der Waals surface area contributed by atoms with Crippen molar-refractivity contribution in [3.63, 3.8) is 0 Å². The van der Waals surface area contributed by atoms with E-state index in [1.807, 2.05) is 37.3 Å². The predicted octanol–water partition coefficient (Wildman–Crippen LogP) is 3.06. The summed E-state index contributed by atoms with van der Waals surface area (Å²) in [5.74, 6) is -0.185. The molecular weight excluding hydrogens is 469 g/mol. The second-order valence-electron chi connectivity index (χ2n) is 7.88. The van der Waals surface area contributed by atoms with Crippen molar-refractivity contribution in [2.24, 2.45) is 0 Å². The summed E-state index contributed by atoms with van der Waals surface area (Å²) in [5.41, 5.74) is 0.466. The fourth-order valence-electron chi connectivity index (χ4n) is 3.95. The molecule has 1 atom stereocenters. The quantitative estimate of drug-likeness (QED) is 0.574. The van der Waals surface area contributed by atoms with Crippen LogP contribution in [0.3, 0.4) is 0 Å². The zero-order chi connectivity index (χ0) is 22.9. The molecule has 1 aliphatic rings. The SMILES string of the molecule is C[C@H](C(=O)Nc1cccc(Cl)c1Cl)[NH+]1CCN(S(=O)(=O)c2ccc3ccccc3c2)CC1. The third kappa shape index (κ3) is 4.63. The maximum Gasteiger partial charge on any atom is 0.282 e. The molecular formula is C23H24Cl2N3O3S+. The number of piperazine rings is 1. The van der Waals surface area contributed by atoms with Gasteiger partial charge in [0.25, 0.3) is 5.91 Å². The van der Waals surface area contributed by atoms with Gasteiger partial charge in [0.15, 0.2) is 6.04 Å². The number of amides is 1. The van der Waals surface area contributed by atoms with Crippen molar-refractivity contribution in [3.8, 4) is 0 Å². The van der Waals surface area contributed by atoms with E-state index in [4.69, 9.17) is 23.2 Å². The summed E-state index contributed by atoms with van der Waals surface area (Å²) >= 11 is 12.2. The number of hydrogen-bond donors (Lipinski definition) is 2. The first kappa shape index (κ1) is 23.0. The molecule has 3 aromatic rings. The Balaban J connectivity index is 1.41. The van der Waals surface area contributed by atoms with Gasteiger partial charge in [0.2, 0.25) is 10.0 Å². The van der Waals surface area contributed by atoms with E-state index in [-0.39, 0.29) is 11.9 Å². The molecule has 0 bridgehead atoms. The molecule has 1 aliphatic heterocycles. The van der Waals surface area contributed by atoms with Gasteiger partial charge < -0.3 is 10.2 Å². The first-order valence-electron chi connectivity index (χ1n) is 10.4. The molecule has 1 heterocycles. The molecule has 0 unspecified atom stereocenters. The van der Waals surface area contributed by atoms with Gasteiger partial charge in [-0.2, -0.15) is 4.31 Å². The van der Waals surface area contributed by atoms with Crippen LogP contribution in [0.25, 0.3) is 10.8 Å². The molecule has 0 aromatic heterocycles. The number of carbonyl (C=O) groups is 1. The maximum atomic E-state index is 13.2. The van der Waals surface area contributed by atoms with E-state index in [9.17, 15) is 13.2 Å². The van der Waals surface area contributed by atoms with E-state index in [0.717, 1.165) is 15.7 Å². The van der Waals surface area contributed by atoms with E-state index in [2.05, 4.69) is 5.32 Å². The Labute approximate surface area is 197 Å². The highest BCUT2D eigenvalue weighted by Crippen LogP contribution is 2.29. The molecule has 0 saturated carbocycles. The minimum Gasteiger partial charge on any atom is -0.323 e. The van der Waals surface area contributed by atoms with Crippen LogP contribution in [0.2, 0.25) is 10.0 Å². The van der Waals surface area contributed by atoms with Gasteiger partial charge in [-0.1, -0.05) is 59.6 Å².